The van der Waals surface area contributed by atoms with Crippen molar-refractivity contribution in [3.05, 3.63) is 0 Å². The van der Waals surface area contributed by atoms with Crippen LogP contribution < -0.4 is 11.1 Å². The Morgan fingerprint density at radius 3 is 2.44 bits per heavy atom. The van der Waals surface area contributed by atoms with Gasteiger partial charge in [0.2, 0.25) is 5.91 Å². The van der Waals surface area contributed by atoms with Gasteiger partial charge in [0, 0.05) is 44.2 Å². The van der Waals surface area contributed by atoms with E-state index < -0.39 is 0 Å². The average molecular weight is 273 g/mol. The summed E-state index contributed by atoms with van der Waals surface area (Å²) < 4.78 is 0. The maximum absolute atomic E-state index is 12.2. The predicted molar refractivity (Wildman–Crippen MR) is 78.8 cm³/mol. The van der Waals surface area contributed by atoms with Gasteiger partial charge in [-0.25, -0.2) is 0 Å². The molecule has 1 saturated heterocycles. The van der Waals surface area contributed by atoms with Crippen LogP contribution in [0, 0.1) is 5.41 Å². The highest BCUT2D eigenvalue weighted by molar-refractivity contribution is 7.99. The average Bonchev–Trinajstić information content (AvgIpc) is 2.42. The van der Waals surface area contributed by atoms with E-state index in [1.165, 1.54) is 11.5 Å². The molecule has 0 atom stereocenters. The first-order chi connectivity index (χ1) is 8.68. The lowest BCUT2D eigenvalue weighted by atomic mass is 9.81. The number of nitrogens with two attached hydrogens (primary N) is 1. The molecule has 5 heteroatoms. The molecule has 0 radical (unpaired) electrons. The van der Waals surface area contributed by atoms with Crippen LogP contribution in [-0.2, 0) is 4.79 Å². The molecule has 0 saturated carbocycles. The molecule has 0 aromatic heterocycles. The summed E-state index contributed by atoms with van der Waals surface area (Å²) >= 11 is 2.01. The SMILES string of the molecule is CCC(CC)(CN)C(=O)NCCN1CCSCC1. The van der Waals surface area contributed by atoms with Crippen LogP contribution in [0.25, 0.3) is 0 Å². The summed E-state index contributed by atoms with van der Waals surface area (Å²) in [6.07, 6.45) is 1.62. The van der Waals surface area contributed by atoms with Gasteiger partial charge in [0.05, 0.1) is 5.41 Å². The Balaban J connectivity index is 2.30. The second kappa shape index (κ2) is 8.02. The monoisotopic (exact) mass is 273 g/mol. The Morgan fingerprint density at radius 2 is 1.94 bits per heavy atom. The highest BCUT2D eigenvalue weighted by Gasteiger charge is 2.32. The van der Waals surface area contributed by atoms with Gasteiger partial charge in [-0.3, -0.25) is 9.69 Å². The second-order valence-electron chi connectivity index (χ2n) is 4.90. The number of nitrogens with zero attached hydrogens (tertiary/aromatic N) is 1. The summed E-state index contributed by atoms with van der Waals surface area (Å²) in [6.45, 7) is 8.50. The molecular formula is C13H27N3OS. The first-order valence-electron chi connectivity index (χ1n) is 6.97. The van der Waals surface area contributed by atoms with E-state index in [0.717, 1.165) is 39.0 Å². The minimum Gasteiger partial charge on any atom is -0.354 e. The zero-order chi connectivity index (χ0) is 13.4. The van der Waals surface area contributed by atoms with E-state index in [0.29, 0.717) is 6.54 Å². The highest BCUT2D eigenvalue weighted by atomic mass is 32.2. The summed E-state index contributed by atoms with van der Waals surface area (Å²) in [5, 5.41) is 3.06. The number of nitrogens with one attached hydrogen (secondary N) is 1. The molecule has 0 aromatic carbocycles. The molecule has 1 fully saturated rings. The fourth-order valence-electron chi connectivity index (χ4n) is 2.29. The maximum atomic E-state index is 12.2. The standard InChI is InChI=1S/C13H27N3OS/c1-3-13(4-2,11-14)12(17)15-5-6-16-7-9-18-10-8-16/h3-11,14H2,1-2H3,(H,15,17). The molecule has 4 nitrogen and oxygen atoms in total. The van der Waals surface area contributed by atoms with Crippen LogP contribution in [0.2, 0.25) is 0 Å². The zero-order valence-electron chi connectivity index (χ0n) is 11.7. The quantitative estimate of drug-likeness (QED) is 0.724. The van der Waals surface area contributed by atoms with Crippen molar-refractivity contribution in [2.75, 3.05) is 44.2 Å². The van der Waals surface area contributed by atoms with Crippen molar-refractivity contribution in [2.24, 2.45) is 11.1 Å². The van der Waals surface area contributed by atoms with Crippen molar-refractivity contribution < 1.29 is 4.79 Å². The number of carbonyl (C=O) groups excluding carboxylic acids is 1. The van der Waals surface area contributed by atoms with Gasteiger partial charge in [-0.15, -0.1) is 0 Å². The molecule has 0 spiro atoms. The largest absolute Gasteiger partial charge is 0.354 e. The van der Waals surface area contributed by atoms with Gasteiger partial charge in [0.15, 0.2) is 0 Å². The molecule has 0 bridgehead atoms. The third kappa shape index (κ3) is 4.14. The van der Waals surface area contributed by atoms with E-state index in [2.05, 4.69) is 10.2 Å². The second-order valence-corrected chi connectivity index (χ2v) is 6.13. The number of carbonyl (C=O) groups is 1. The molecule has 0 aromatic rings. The van der Waals surface area contributed by atoms with Gasteiger partial charge < -0.3 is 11.1 Å². The molecule has 1 amide bonds. The van der Waals surface area contributed by atoms with Gasteiger partial charge in [-0.1, -0.05) is 13.8 Å². The van der Waals surface area contributed by atoms with Gasteiger partial charge in [0.25, 0.3) is 0 Å². The lowest BCUT2D eigenvalue weighted by Crippen LogP contribution is -2.47. The van der Waals surface area contributed by atoms with Crippen molar-refractivity contribution >= 4 is 17.7 Å². The van der Waals surface area contributed by atoms with Crippen LogP contribution in [0.4, 0.5) is 0 Å². The lowest BCUT2D eigenvalue weighted by Gasteiger charge is -2.30. The first-order valence-corrected chi connectivity index (χ1v) is 8.12. The molecule has 1 aliphatic heterocycles. The van der Waals surface area contributed by atoms with Crippen molar-refractivity contribution in [1.29, 1.82) is 0 Å². The van der Waals surface area contributed by atoms with E-state index in [-0.39, 0.29) is 11.3 Å². The third-order valence-corrected chi connectivity index (χ3v) is 4.99. The fraction of sp³-hybridized carbons (Fsp3) is 0.923. The Kier molecular flexibility index (Phi) is 7.04. The molecule has 18 heavy (non-hydrogen) atoms. The Bertz CT molecular complexity index is 242. The molecule has 1 heterocycles. The summed E-state index contributed by atoms with van der Waals surface area (Å²) in [7, 11) is 0. The summed E-state index contributed by atoms with van der Waals surface area (Å²) in [4.78, 5) is 14.6. The predicted octanol–water partition coefficient (Wildman–Crippen LogP) is 0.917. The number of hydrogen-bond acceptors (Lipinski definition) is 4. The lowest BCUT2D eigenvalue weighted by molar-refractivity contribution is -0.131. The van der Waals surface area contributed by atoms with Gasteiger partial charge in [0.1, 0.15) is 0 Å². The molecule has 106 valence electrons. The Hall–Kier alpha value is -0.260. The normalized spacial score (nSPS) is 17.7. The van der Waals surface area contributed by atoms with Crippen LogP contribution in [0.15, 0.2) is 0 Å². The van der Waals surface area contributed by atoms with Gasteiger partial charge in [-0.2, -0.15) is 11.8 Å². The minimum absolute atomic E-state index is 0.126. The Morgan fingerprint density at radius 1 is 1.33 bits per heavy atom. The van der Waals surface area contributed by atoms with Crippen LogP contribution >= 0.6 is 11.8 Å². The van der Waals surface area contributed by atoms with Gasteiger partial charge in [-0.05, 0) is 12.8 Å². The third-order valence-electron chi connectivity index (χ3n) is 4.04. The zero-order valence-corrected chi connectivity index (χ0v) is 12.5. The van der Waals surface area contributed by atoms with Crippen molar-refractivity contribution in [2.45, 2.75) is 26.7 Å². The molecule has 0 unspecified atom stereocenters. The number of hydrogen-bond donors (Lipinski definition) is 2. The molecule has 0 aliphatic carbocycles. The Labute approximate surface area is 115 Å². The maximum Gasteiger partial charge on any atom is 0.227 e. The molecule has 1 rings (SSSR count). The number of thioether (sulfide) groups is 1. The summed E-state index contributed by atoms with van der Waals surface area (Å²) in [5.41, 5.74) is 5.41. The van der Waals surface area contributed by atoms with E-state index in [9.17, 15) is 4.79 Å². The molecule has 1 aliphatic rings. The summed E-state index contributed by atoms with van der Waals surface area (Å²) in [5.74, 6) is 2.55. The molecular weight excluding hydrogens is 246 g/mol. The van der Waals surface area contributed by atoms with Crippen molar-refractivity contribution in [3.8, 4) is 0 Å². The van der Waals surface area contributed by atoms with Crippen molar-refractivity contribution in [3.63, 3.8) is 0 Å². The van der Waals surface area contributed by atoms with E-state index in [1.54, 1.807) is 0 Å². The number of amides is 1. The summed E-state index contributed by atoms with van der Waals surface area (Å²) in [6, 6.07) is 0. The first kappa shape index (κ1) is 15.8. The molecule has 3 N–H and O–H groups in total. The smallest absolute Gasteiger partial charge is 0.227 e. The topological polar surface area (TPSA) is 58.4 Å². The van der Waals surface area contributed by atoms with Gasteiger partial charge >= 0.3 is 0 Å². The van der Waals surface area contributed by atoms with E-state index >= 15 is 0 Å². The highest BCUT2D eigenvalue weighted by Crippen LogP contribution is 2.24. The minimum atomic E-state index is -0.363. The van der Waals surface area contributed by atoms with E-state index in [4.69, 9.17) is 5.73 Å². The number of rotatable bonds is 7. The van der Waals surface area contributed by atoms with Crippen LogP contribution in [0.3, 0.4) is 0 Å². The van der Waals surface area contributed by atoms with Crippen LogP contribution in [0.1, 0.15) is 26.7 Å². The van der Waals surface area contributed by atoms with Crippen LogP contribution in [-0.4, -0.2) is 55.0 Å². The van der Waals surface area contributed by atoms with E-state index in [1.807, 2.05) is 25.6 Å². The fourth-order valence-corrected chi connectivity index (χ4v) is 3.27. The van der Waals surface area contributed by atoms with Crippen LogP contribution in [0.5, 0.6) is 0 Å². The van der Waals surface area contributed by atoms with Crippen molar-refractivity contribution in [1.82, 2.24) is 10.2 Å².